The highest BCUT2D eigenvalue weighted by Gasteiger charge is 2.23. The second kappa shape index (κ2) is 31.8. The second-order valence-electron chi connectivity index (χ2n) is 20.6. The molecule has 21 nitrogen and oxygen atoms in total. The number of amides is 2. The molecule has 0 saturated carbocycles. The average molecular weight is 1230 g/mol. The number of hydrogen-bond donors (Lipinski definition) is 4. The lowest BCUT2D eigenvalue weighted by molar-refractivity contribution is -0.117. The van der Waals surface area contributed by atoms with Crippen LogP contribution < -0.4 is 40.8 Å². The topological polar surface area (TPSA) is 290 Å². The predicted molar refractivity (Wildman–Crippen MR) is 343 cm³/mol. The number of para-hydroxylation sites is 6. The summed E-state index contributed by atoms with van der Waals surface area (Å²) in [4.78, 5) is 61.3. The lowest BCUT2D eigenvalue weighted by Crippen LogP contribution is -2.46. The fourth-order valence-electron chi connectivity index (χ4n) is 10.1. The molecule has 464 valence electrons. The summed E-state index contributed by atoms with van der Waals surface area (Å²) in [5.41, 5.74) is 6.69. The number of nitrogens with zero attached hydrogens (tertiary/aromatic N) is 4. The number of fused-ring (bicyclic) bond motifs is 2. The fourth-order valence-corrected chi connectivity index (χ4v) is 10.1. The van der Waals surface area contributed by atoms with Gasteiger partial charge in [-0.3, -0.25) is 38.1 Å². The van der Waals surface area contributed by atoms with E-state index in [4.69, 9.17) is 27.4 Å². The minimum Gasteiger partial charge on any atom is -0.495 e. The van der Waals surface area contributed by atoms with Gasteiger partial charge in [0.05, 0.1) is 60.3 Å². The molecule has 2 aromatic heterocycles. The van der Waals surface area contributed by atoms with Crippen LogP contribution in [0.1, 0.15) is 36.8 Å². The van der Waals surface area contributed by atoms with E-state index >= 15 is 0 Å². The number of piperazine rings is 2. The number of rotatable bonds is 16. The van der Waals surface area contributed by atoms with Crippen molar-refractivity contribution in [3.05, 3.63) is 177 Å². The van der Waals surface area contributed by atoms with Gasteiger partial charge >= 0.3 is 0 Å². The molecule has 2 aliphatic rings. The number of ether oxygens (including phenoxy) is 2. The van der Waals surface area contributed by atoms with E-state index in [9.17, 15) is 36.0 Å². The molecule has 87 heavy (non-hydrogen) atoms. The van der Waals surface area contributed by atoms with Crippen molar-refractivity contribution < 1.29 is 59.3 Å². The molecule has 8 aromatic rings. The van der Waals surface area contributed by atoms with Crippen LogP contribution in [0.2, 0.25) is 0 Å². The zero-order chi connectivity index (χ0) is 62.0. The van der Waals surface area contributed by atoms with Crippen molar-refractivity contribution in [3.8, 4) is 34.1 Å². The highest BCUT2D eigenvalue weighted by molar-refractivity contribution is 7.85. The van der Waals surface area contributed by atoms with E-state index in [2.05, 4.69) is 42.4 Å². The van der Waals surface area contributed by atoms with Crippen LogP contribution in [0.25, 0.3) is 44.6 Å². The van der Waals surface area contributed by atoms with Gasteiger partial charge in [-0.15, -0.1) is 0 Å². The molecule has 6 N–H and O–H groups in total. The van der Waals surface area contributed by atoms with E-state index in [0.717, 1.165) is 112 Å². The van der Waals surface area contributed by atoms with Crippen LogP contribution in [0.4, 0.5) is 22.7 Å². The lowest BCUT2D eigenvalue weighted by atomic mass is 10.1. The maximum absolute atomic E-state index is 13.1. The number of carbonyl (C=O) groups excluding carboxylic acids is 2. The monoisotopic (exact) mass is 1230 g/mol. The molecule has 2 saturated heterocycles. The van der Waals surface area contributed by atoms with E-state index in [1.165, 1.54) is 0 Å². The van der Waals surface area contributed by atoms with Gasteiger partial charge < -0.3 is 44.2 Å². The van der Waals surface area contributed by atoms with Gasteiger partial charge in [0.15, 0.2) is 22.0 Å². The van der Waals surface area contributed by atoms with Crippen molar-refractivity contribution in [2.45, 2.75) is 39.5 Å². The Kier molecular flexibility index (Phi) is 24.8. The Morgan fingerprint density at radius 1 is 0.494 bits per heavy atom. The molecule has 0 atom stereocenters. The summed E-state index contributed by atoms with van der Waals surface area (Å²) >= 11 is 0. The Hall–Kier alpha value is -8.42. The first-order chi connectivity index (χ1) is 41.1. The second-order valence-corrected chi connectivity index (χ2v) is 23.6. The van der Waals surface area contributed by atoms with Crippen LogP contribution in [0.15, 0.2) is 164 Å². The molecular weight excluding hydrogens is 1160 g/mol. The highest BCUT2D eigenvalue weighted by Crippen LogP contribution is 2.33. The predicted octanol–water partition coefficient (Wildman–Crippen LogP) is 8.82. The van der Waals surface area contributed by atoms with Gasteiger partial charge in [-0.25, -0.2) is 0 Å². The van der Waals surface area contributed by atoms with Crippen molar-refractivity contribution in [2.24, 2.45) is 0 Å². The molecule has 10 rings (SSSR count). The number of hydrogen-bond acceptors (Lipinski definition) is 16. The van der Waals surface area contributed by atoms with Crippen LogP contribution >= 0.6 is 0 Å². The van der Waals surface area contributed by atoms with Gasteiger partial charge in [0.2, 0.25) is 11.8 Å². The Labute approximate surface area is 506 Å². The molecule has 6 aromatic carbocycles. The Balaban J connectivity index is 0.000000238. The van der Waals surface area contributed by atoms with Crippen molar-refractivity contribution in [1.29, 1.82) is 0 Å². The van der Waals surface area contributed by atoms with Gasteiger partial charge in [0.25, 0.3) is 20.2 Å². The fraction of sp³-hybridized carbons (Fsp3) is 0.312. The molecule has 23 heteroatoms. The highest BCUT2D eigenvalue weighted by atomic mass is 32.2. The maximum Gasteiger partial charge on any atom is 0.261 e. The molecule has 2 amide bonds. The zero-order valence-electron chi connectivity index (χ0n) is 49.7. The molecular formula is C64H76N6O15S2. The van der Waals surface area contributed by atoms with Gasteiger partial charge in [-0.2, -0.15) is 16.8 Å². The Morgan fingerprint density at radius 2 is 0.816 bits per heavy atom. The van der Waals surface area contributed by atoms with Crippen LogP contribution in [-0.2, 0) is 29.8 Å². The van der Waals surface area contributed by atoms with E-state index in [1.54, 1.807) is 64.5 Å². The van der Waals surface area contributed by atoms with Crippen LogP contribution in [0, 0.1) is 13.8 Å². The quantitative estimate of drug-likeness (QED) is 0.0657. The Morgan fingerprint density at radius 3 is 1.15 bits per heavy atom. The van der Waals surface area contributed by atoms with E-state index in [0.29, 0.717) is 81.3 Å². The van der Waals surface area contributed by atoms with Crippen LogP contribution in [0.3, 0.4) is 0 Å². The summed E-state index contributed by atoms with van der Waals surface area (Å²) in [5.74, 6) is 2.67. The van der Waals surface area contributed by atoms with Crippen molar-refractivity contribution in [2.75, 3.05) is 113 Å². The number of benzene rings is 6. The zero-order valence-corrected chi connectivity index (χ0v) is 51.3. The first kappa shape index (κ1) is 67.7. The SMILES string of the molecule is COc1ccccc1N1CCN(CCCC(=O)Nc2cccc3c(=O)c(C)c(-c4ccccc4)oc23)CC1.COc1ccccc1N1CCN(CCCC(=O)Nc2cccc3c(=O)c(C)c(-c4ccccc4)oc23)CC1.CS(=O)(=O)O.CS(=O)(=O)O.O. The lowest BCUT2D eigenvalue weighted by Gasteiger charge is -2.36. The summed E-state index contributed by atoms with van der Waals surface area (Å²) < 4.78 is 75.2. The van der Waals surface area contributed by atoms with E-state index < -0.39 is 20.2 Å². The van der Waals surface area contributed by atoms with E-state index in [1.807, 2.05) is 97.1 Å². The number of anilines is 4. The first-order valence-electron chi connectivity index (χ1n) is 28.0. The molecule has 0 spiro atoms. The summed E-state index contributed by atoms with van der Waals surface area (Å²) in [6.45, 7) is 12.7. The molecule has 0 unspecified atom stereocenters. The van der Waals surface area contributed by atoms with Gasteiger partial charge in [-0.05, 0) is 88.3 Å². The normalized spacial score (nSPS) is 13.6. The minimum atomic E-state index is -3.67. The molecule has 4 heterocycles. The summed E-state index contributed by atoms with van der Waals surface area (Å²) in [5, 5.41) is 6.89. The summed E-state index contributed by atoms with van der Waals surface area (Å²) in [6, 6.07) is 45.9. The van der Waals surface area contributed by atoms with Crippen molar-refractivity contribution >= 4 is 76.7 Å². The maximum atomic E-state index is 13.1. The first-order valence-corrected chi connectivity index (χ1v) is 31.7. The summed E-state index contributed by atoms with van der Waals surface area (Å²) in [7, 11) is -3.93. The van der Waals surface area contributed by atoms with Gasteiger partial charge in [0.1, 0.15) is 23.0 Å². The molecule has 0 radical (unpaired) electrons. The standard InChI is InChI=1S/2C31H33N3O4.2CH4O3S.H2O/c2*1-22-29(36)24-12-8-13-25(31(24)38-30(22)23-10-4-3-5-11-23)32-28(35)16-9-17-33-18-20-34(21-19-33)26-14-6-7-15-27(26)37-2;2*1-5(2,3)4;/h2*3-8,10-15H,9,16-21H2,1-2H3,(H,32,35);2*1H3,(H,2,3,4);1H2. The number of methoxy groups -OCH3 is 2. The third-order valence-electron chi connectivity index (χ3n) is 14.3. The Bertz CT molecular complexity index is 3670. The third kappa shape index (κ3) is 19.8. The molecule has 2 fully saturated rings. The van der Waals surface area contributed by atoms with Crippen LogP contribution in [-0.4, -0.2) is 145 Å². The average Bonchev–Trinajstić information content (AvgIpc) is 1.19. The van der Waals surface area contributed by atoms with Gasteiger partial charge in [-0.1, -0.05) is 97.1 Å². The molecule has 0 aliphatic carbocycles. The van der Waals surface area contributed by atoms with Crippen LogP contribution in [0.5, 0.6) is 11.5 Å². The minimum absolute atomic E-state index is 0. The third-order valence-corrected chi connectivity index (χ3v) is 14.3. The molecule has 2 aliphatic heterocycles. The molecule has 0 bridgehead atoms. The number of carbonyl (C=O) groups is 2. The van der Waals surface area contributed by atoms with Crippen molar-refractivity contribution in [1.82, 2.24) is 9.80 Å². The number of nitrogens with one attached hydrogen (secondary N) is 2. The summed E-state index contributed by atoms with van der Waals surface area (Å²) in [6.07, 6.45) is 3.72. The smallest absolute Gasteiger partial charge is 0.261 e. The van der Waals surface area contributed by atoms with E-state index in [-0.39, 0.29) is 28.1 Å². The largest absolute Gasteiger partial charge is 0.495 e. The van der Waals surface area contributed by atoms with Gasteiger partial charge in [0, 0.05) is 87.5 Å². The van der Waals surface area contributed by atoms with Crippen molar-refractivity contribution in [3.63, 3.8) is 0 Å².